The molecule has 3 heterocycles. The van der Waals surface area contributed by atoms with E-state index in [-0.39, 0.29) is 0 Å². The predicted molar refractivity (Wildman–Crippen MR) is 116 cm³/mol. The second kappa shape index (κ2) is 7.32. The number of ether oxygens (including phenoxy) is 3. The van der Waals surface area contributed by atoms with Crippen molar-refractivity contribution in [2.75, 3.05) is 0 Å². The molecule has 0 amide bonds. The molecule has 9 unspecified atom stereocenters. The van der Waals surface area contributed by atoms with Crippen molar-refractivity contribution in [3.8, 4) is 0 Å². The molecular formula is C27H36O3. The predicted octanol–water partition coefficient (Wildman–Crippen LogP) is 5.02. The minimum absolute atomic E-state index is 0.592. The van der Waals surface area contributed by atoms with Gasteiger partial charge in [-0.3, -0.25) is 0 Å². The van der Waals surface area contributed by atoms with Crippen LogP contribution >= 0.6 is 0 Å². The number of benzene rings is 1. The number of fused-ring (bicyclic) bond motifs is 3. The third-order valence-corrected chi connectivity index (χ3v) is 9.02. The second-order valence-electron chi connectivity index (χ2n) is 11.4. The van der Waals surface area contributed by atoms with E-state index in [1.807, 2.05) is 0 Å². The Morgan fingerprint density at radius 2 is 0.800 bits per heavy atom. The molecule has 162 valence electrons. The quantitative estimate of drug-likeness (QED) is 0.621. The second-order valence-corrected chi connectivity index (χ2v) is 11.4. The summed E-state index contributed by atoms with van der Waals surface area (Å²) >= 11 is 0. The first-order valence-electron chi connectivity index (χ1n) is 12.8. The van der Waals surface area contributed by atoms with E-state index in [1.165, 1.54) is 77.0 Å². The molecule has 0 N–H and O–H groups in total. The van der Waals surface area contributed by atoms with Gasteiger partial charge in [-0.1, -0.05) is 18.2 Å². The number of hydrogen-bond donors (Lipinski definition) is 0. The Labute approximate surface area is 180 Å². The maximum absolute atomic E-state index is 5.80. The number of hydrogen-bond acceptors (Lipinski definition) is 3. The largest absolute Gasteiger partial charge is 0.370 e. The molecule has 0 aromatic heterocycles. The summed E-state index contributed by atoms with van der Waals surface area (Å²) in [6.45, 7) is 0. The van der Waals surface area contributed by atoms with E-state index in [2.05, 4.69) is 18.2 Å². The van der Waals surface area contributed by atoms with Gasteiger partial charge in [0.15, 0.2) is 0 Å². The molecule has 3 aliphatic carbocycles. The molecule has 9 atom stereocenters. The number of rotatable bonds is 6. The third kappa shape index (κ3) is 3.98. The molecule has 7 rings (SSSR count). The zero-order chi connectivity index (χ0) is 19.7. The van der Waals surface area contributed by atoms with Crippen LogP contribution in [0, 0.1) is 17.8 Å². The Hall–Kier alpha value is -0.900. The average molecular weight is 409 g/mol. The Morgan fingerprint density at radius 3 is 1.10 bits per heavy atom. The zero-order valence-corrected chi connectivity index (χ0v) is 18.1. The lowest BCUT2D eigenvalue weighted by Crippen LogP contribution is -2.18. The van der Waals surface area contributed by atoms with Gasteiger partial charge in [-0.2, -0.15) is 0 Å². The topological polar surface area (TPSA) is 37.6 Å². The van der Waals surface area contributed by atoms with E-state index in [9.17, 15) is 0 Å². The highest BCUT2D eigenvalue weighted by atomic mass is 16.6. The van der Waals surface area contributed by atoms with Gasteiger partial charge in [-0.25, -0.2) is 0 Å². The van der Waals surface area contributed by atoms with Crippen LogP contribution in [0.2, 0.25) is 0 Å². The van der Waals surface area contributed by atoms with Crippen LogP contribution in [0.3, 0.4) is 0 Å². The first kappa shape index (κ1) is 18.7. The Kier molecular flexibility index (Phi) is 4.55. The van der Waals surface area contributed by atoms with Crippen molar-refractivity contribution in [1.29, 1.82) is 0 Å². The fourth-order valence-corrected chi connectivity index (χ4v) is 7.21. The van der Waals surface area contributed by atoms with Crippen LogP contribution in [0.5, 0.6) is 0 Å². The lowest BCUT2D eigenvalue weighted by molar-refractivity contribution is 0.358. The summed E-state index contributed by atoms with van der Waals surface area (Å²) in [4.78, 5) is 0. The summed E-state index contributed by atoms with van der Waals surface area (Å²) in [5.74, 6) is 2.47. The van der Waals surface area contributed by atoms with Crippen LogP contribution in [-0.4, -0.2) is 36.6 Å². The molecule has 3 nitrogen and oxygen atoms in total. The van der Waals surface area contributed by atoms with Gasteiger partial charge < -0.3 is 14.2 Å². The maximum Gasteiger partial charge on any atom is 0.0844 e. The van der Waals surface area contributed by atoms with Gasteiger partial charge in [-0.15, -0.1) is 0 Å². The lowest BCUT2D eigenvalue weighted by atomic mass is 9.80. The Bertz CT molecular complexity index is 688. The van der Waals surface area contributed by atoms with Crippen molar-refractivity contribution in [3.63, 3.8) is 0 Å². The molecule has 6 aliphatic rings. The van der Waals surface area contributed by atoms with Crippen LogP contribution in [0.25, 0.3) is 0 Å². The summed E-state index contributed by atoms with van der Waals surface area (Å²) < 4.78 is 17.4. The summed E-state index contributed by atoms with van der Waals surface area (Å²) in [6.07, 6.45) is 19.2. The average Bonchev–Trinajstić information content (AvgIpc) is 3.61. The van der Waals surface area contributed by atoms with Gasteiger partial charge in [0.25, 0.3) is 0 Å². The molecule has 0 spiro atoms. The van der Waals surface area contributed by atoms with Gasteiger partial charge in [-0.05, 0) is 111 Å². The van der Waals surface area contributed by atoms with Gasteiger partial charge in [0.05, 0.1) is 36.6 Å². The van der Waals surface area contributed by atoms with Gasteiger partial charge in [0.1, 0.15) is 0 Å². The van der Waals surface area contributed by atoms with Crippen molar-refractivity contribution in [3.05, 3.63) is 34.9 Å². The maximum atomic E-state index is 5.80. The van der Waals surface area contributed by atoms with E-state index in [0.29, 0.717) is 36.6 Å². The van der Waals surface area contributed by atoms with E-state index in [0.717, 1.165) is 17.8 Å². The van der Waals surface area contributed by atoms with Crippen molar-refractivity contribution in [2.24, 2.45) is 17.8 Å². The molecule has 3 saturated heterocycles. The highest BCUT2D eigenvalue weighted by Crippen LogP contribution is 2.43. The molecule has 30 heavy (non-hydrogen) atoms. The summed E-state index contributed by atoms with van der Waals surface area (Å²) in [7, 11) is 0. The van der Waals surface area contributed by atoms with E-state index >= 15 is 0 Å². The highest BCUT2D eigenvalue weighted by molar-refractivity contribution is 5.32. The van der Waals surface area contributed by atoms with Crippen molar-refractivity contribution in [2.45, 2.75) is 114 Å². The van der Waals surface area contributed by atoms with Crippen molar-refractivity contribution < 1.29 is 14.2 Å². The molecule has 0 bridgehead atoms. The first-order chi connectivity index (χ1) is 14.7. The van der Waals surface area contributed by atoms with Crippen LogP contribution < -0.4 is 0 Å². The first-order valence-corrected chi connectivity index (χ1v) is 12.8. The van der Waals surface area contributed by atoms with E-state index in [1.54, 1.807) is 16.7 Å². The van der Waals surface area contributed by atoms with Crippen LogP contribution in [-0.2, 0) is 33.5 Å². The van der Waals surface area contributed by atoms with Gasteiger partial charge >= 0.3 is 0 Å². The smallest absolute Gasteiger partial charge is 0.0844 e. The van der Waals surface area contributed by atoms with Crippen molar-refractivity contribution in [1.82, 2.24) is 0 Å². The monoisotopic (exact) mass is 408 g/mol. The van der Waals surface area contributed by atoms with Crippen LogP contribution in [0.15, 0.2) is 18.2 Å². The summed E-state index contributed by atoms with van der Waals surface area (Å²) in [5, 5.41) is 0. The molecule has 3 aliphatic heterocycles. The fourth-order valence-electron chi connectivity index (χ4n) is 7.21. The fraction of sp³-hybridized carbons (Fsp3) is 0.778. The molecule has 6 fully saturated rings. The zero-order valence-electron chi connectivity index (χ0n) is 18.1. The lowest BCUT2D eigenvalue weighted by Gasteiger charge is -2.23. The number of epoxide rings is 3. The molecule has 1 aromatic rings. The molecular weight excluding hydrogens is 372 g/mol. The standard InChI is InChI=1S/C27H36O3/c1-4-22-25(28-22)13-16(1)7-19-10-20(8-17-2-5-23-26(14-17)29-23)12-21(11-19)9-18-3-6-24-27(15-18)30-24/h10-12,16-18,22-27H,1-9,13-15H2. The minimum atomic E-state index is 0.592. The molecule has 3 saturated carbocycles. The van der Waals surface area contributed by atoms with E-state index in [4.69, 9.17) is 14.2 Å². The molecule has 0 radical (unpaired) electrons. The Morgan fingerprint density at radius 1 is 0.467 bits per heavy atom. The summed E-state index contributed by atoms with van der Waals surface area (Å²) in [5.41, 5.74) is 4.79. The third-order valence-electron chi connectivity index (χ3n) is 9.02. The minimum Gasteiger partial charge on any atom is -0.370 e. The van der Waals surface area contributed by atoms with Crippen molar-refractivity contribution >= 4 is 0 Å². The molecule has 1 aromatic carbocycles. The van der Waals surface area contributed by atoms with E-state index < -0.39 is 0 Å². The molecule has 3 heteroatoms. The van der Waals surface area contributed by atoms with Gasteiger partial charge in [0, 0.05) is 0 Å². The van der Waals surface area contributed by atoms with Crippen LogP contribution in [0.4, 0.5) is 0 Å². The van der Waals surface area contributed by atoms with Crippen LogP contribution in [0.1, 0.15) is 74.5 Å². The summed E-state index contributed by atoms with van der Waals surface area (Å²) in [6, 6.07) is 7.68. The SMILES string of the molecule is c1c(CC2CCC3OC3C2)cc(CC2CCC3OC3C2)cc1CC1CCC2OC2C1. The highest BCUT2D eigenvalue weighted by Gasteiger charge is 2.45. The Balaban J connectivity index is 1.08. The normalized spacial score (nSPS) is 45.8. The van der Waals surface area contributed by atoms with Gasteiger partial charge in [0.2, 0.25) is 0 Å².